The van der Waals surface area contributed by atoms with Gasteiger partial charge >= 0.3 is 0 Å². The van der Waals surface area contributed by atoms with Gasteiger partial charge in [0.05, 0.1) is 4.90 Å². The molecule has 0 aromatic heterocycles. The summed E-state index contributed by atoms with van der Waals surface area (Å²) >= 11 is 0. The van der Waals surface area contributed by atoms with E-state index in [1.807, 2.05) is 37.4 Å². The van der Waals surface area contributed by atoms with Crippen molar-refractivity contribution in [3.8, 4) is 0 Å². The van der Waals surface area contributed by atoms with Crippen molar-refractivity contribution in [2.75, 3.05) is 25.0 Å². The molecular formula is C26H29N3O4S. The third-order valence-corrected chi connectivity index (χ3v) is 6.82. The Labute approximate surface area is 200 Å². The summed E-state index contributed by atoms with van der Waals surface area (Å²) in [5, 5.41) is 2.91. The Bertz CT molecular complexity index is 1210. The minimum Gasteiger partial charge on any atom is -0.375 e. The molecule has 8 heteroatoms. The van der Waals surface area contributed by atoms with E-state index in [1.54, 1.807) is 24.3 Å². The van der Waals surface area contributed by atoms with Crippen LogP contribution in [-0.2, 0) is 16.6 Å². The molecule has 178 valence electrons. The van der Waals surface area contributed by atoms with Crippen LogP contribution in [0.5, 0.6) is 0 Å². The van der Waals surface area contributed by atoms with Crippen LogP contribution in [0, 0.1) is 0 Å². The number of anilines is 1. The Kier molecular flexibility index (Phi) is 8.56. The smallest absolute Gasteiger partial charge is 0.251 e. The maximum atomic E-state index is 12.5. The van der Waals surface area contributed by atoms with Gasteiger partial charge in [0.15, 0.2) is 5.78 Å². The van der Waals surface area contributed by atoms with Crippen molar-refractivity contribution in [2.45, 2.75) is 24.8 Å². The number of hydrogen-bond donors (Lipinski definition) is 2. The SMILES string of the molecule is CC(=O)c1ccc(S(=O)(=O)NCc2ccc(C(=O)NCCCN(C)c3ccccc3)cc2)cc1. The van der Waals surface area contributed by atoms with Gasteiger partial charge in [0.25, 0.3) is 5.91 Å². The lowest BCUT2D eigenvalue weighted by Crippen LogP contribution is -2.28. The Morgan fingerprint density at radius 1 is 0.853 bits per heavy atom. The topological polar surface area (TPSA) is 95.6 Å². The van der Waals surface area contributed by atoms with E-state index < -0.39 is 10.0 Å². The molecule has 0 spiro atoms. The van der Waals surface area contributed by atoms with Crippen LogP contribution in [0.2, 0.25) is 0 Å². The summed E-state index contributed by atoms with van der Waals surface area (Å²) in [6, 6.07) is 22.7. The molecule has 0 aliphatic heterocycles. The van der Waals surface area contributed by atoms with Crippen LogP contribution in [0.4, 0.5) is 5.69 Å². The van der Waals surface area contributed by atoms with Crippen LogP contribution in [0.25, 0.3) is 0 Å². The van der Waals surface area contributed by atoms with Crippen molar-refractivity contribution >= 4 is 27.4 Å². The lowest BCUT2D eigenvalue weighted by molar-refractivity contribution is 0.0952. The lowest BCUT2D eigenvalue weighted by atomic mass is 10.1. The number of sulfonamides is 1. The quantitative estimate of drug-likeness (QED) is 0.324. The minimum absolute atomic E-state index is 0.0878. The van der Waals surface area contributed by atoms with Gasteiger partial charge in [-0.1, -0.05) is 42.5 Å². The van der Waals surface area contributed by atoms with Crippen molar-refractivity contribution < 1.29 is 18.0 Å². The first-order valence-corrected chi connectivity index (χ1v) is 12.5. The first kappa shape index (κ1) is 25.1. The molecule has 0 radical (unpaired) electrons. The molecule has 0 saturated carbocycles. The summed E-state index contributed by atoms with van der Waals surface area (Å²) in [4.78, 5) is 26.0. The number of nitrogens with one attached hydrogen (secondary N) is 2. The number of carbonyl (C=O) groups excluding carboxylic acids is 2. The summed E-state index contributed by atoms with van der Waals surface area (Å²) in [5.74, 6) is -0.291. The molecule has 0 saturated heterocycles. The van der Waals surface area contributed by atoms with E-state index in [1.165, 1.54) is 31.2 Å². The van der Waals surface area contributed by atoms with Gasteiger partial charge in [-0.05, 0) is 55.3 Å². The Morgan fingerprint density at radius 2 is 1.47 bits per heavy atom. The first-order valence-electron chi connectivity index (χ1n) is 11.0. The molecule has 3 aromatic carbocycles. The van der Waals surface area contributed by atoms with Gasteiger partial charge in [0.1, 0.15) is 0 Å². The van der Waals surface area contributed by atoms with E-state index in [0.717, 1.165) is 24.2 Å². The average molecular weight is 480 g/mol. The molecule has 2 N–H and O–H groups in total. The molecule has 7 nitrogen and oxygen atoms in total. The molecule has 0 heterocycles. The molecule has 0 fully saturated rings. The lowest BCUT2D eigenvalue weighted by Gasteiger charge is -2.19. The van der Waals surface area contributed by atoms with Crippen molar-refractivity contribution in [3.63, 3.8) is 0 Å². The largest absolute Gasteiger partial charge is 0.375 e. The van der Waals surface area contributed by atoms with E-state index in [-0.39, 0.29) is 23.1 Å². The van der Waals surface area contributed by atoms with Crippen LogP contribution < -0.4 is 14.9 Å². The molecule has 0 unspecified atom stereocenters. The van der Waals surface area contributed by atoms with E-state index in [0.29, 0.717) is 17.7 Å². The van der Waals surface area contributed by atoms with Crippen molar-refractivity contribution in [1.82, 2.24) is 10.0 Å². The fourth-order valence-electron chi connectivity index (χ4n) is 3.34. The number of Topliss-reactive ketones (excluding diaryl/α,β-unsaturated/α-hetero) is 1. The van der Waals surface area contributed by atoms with Gasteiger partial charge in [0.2, 0.25) is 10.0 Å². The molecule has 0 bridgehead atoms. The maximum Gasteiger partial charge on any atom is 0.251 e. The van der Waals surface area contributed by atoms with Gasteiger partial charge in [-0.2, -0.15) is 0 Å². The van der Waals surface area contributed by atoms with Crippen LogP contribution in [-0.4, -0.2) is 40.2 Å². The van der Waals surface area contributed by atoms with Crippen LogP contribution >= 0.6 is 0 Å². The van der Waals surface area contributed by atoms with Gasteiger partial charge < -0.3 is 10.2 Å². The van der Waals surface area contributed by atoms with Crippen LogP contribution in [0.1, 0.15) is 39.6 Å². The average Bonchev–Trinajstić information content (AvgIpc) is 2.86. The van der Waals surface area contributed by atoms with Gasteiger partial charge in [-0.25, -0.2) is 13.1 Å². The van der Waals surface area contributed by atoms with E-state index >= 15 is 0 Å². The third-order valence-electron chi connectivity index (χ3n) is 5.41. The van der Waals surface area contributed by atoms with E-state index in [9.17, 15) is 18.0 Å². The molecular weight excluding hydrogens is 450 g/mol. The Balaban J connectivity index is 1.45. The Hall–Kier alpha value is -3.49. The highest BCUT2D eigenvalue weighted by atomic mass is 32.2. The molecule has 0 atom stereocenters. The second kappa shape index (κ2) is 11.6. The highest BCUT2D eigenvalue weighted by Gasteiger charge is 2.14. The van der Waals surface area contributed by atoms with Gasteiger partial charge in [-0.15, -0.1) is 0 Å². The number of para-hydroxylation sites is 1. The van der Waals surface area contributed by atoms with E-state index in [2.05, 4.69) is 14.9 Å². The molecule has 3 aromatic rings. The molecule has 3 rings (SSSR count). The summed E-state index contributed by atoms with van der Waals surface area (Å²) in [6.45, 7) is 2.89. The standard InChI is InChI=1S/C26H29N3O4S/c1-20(30)22-13-15-25(16-14-22)34(32,33)28-19-21-9-11-23(12-10-21)26(31)27-17-6-18-29(2)24-7-4-3-5-8-24/h3-5,7-16,28H,6,17-19H2,1-2H3,(H,27,31). The zero-order valence-electron chi connectivity index (χ0n) is 19.3. The number of hydrogen-bond acceptors (Lipinski definition) is 5. The number of benzene rings is 3. The fraction of sp³-hybridized carbons (Fsp3) is 0.231. The van der Waals surface area contributed by atoms with Gasteiger partial charge in [0, 0.05) is 43.5 Å². The van der Waals surface area contributed by atoms with Gasteiger partial charge in [-0.3, -0.25) is 9.59 Å². The summed E-state index contributed by atoms with van der Waals surface area (Å²) in [6.07, 6.45) is 0.810. The van der Waals surface area contributed by atoms with Crippen molar-refractivity contribution in [1.29, 1.82) is 0 Å². The first-order chi connectivity index (χ1) is 16.3. The minimum atomic E-state index is -3.71. The normalized spacial score (nSPS) is 11.1. The van der Waals surface area contributed by atoms with Crippen LogP contribution in [0.3, 0.4) is 0 Å². The third kappa shape index (κ3) is 7.00. The summed E-state index contributed by atoms with van der Waals surface area (Å²) in [7, 11) is -1.69. The molecule has 0 aliphatic rings. The number of nitrogens with zero attached hydrogens (tertiary/aromatic N) is 1. The summed E-state index contributed by atoms with van der Waals surface area (Å²) in [5.41, 5.74) is 2.83. The highest BCUT2D eigenvalue weighted by molar-refractivity contribution is 7.89. The molecule has 34 heavy (non-hydrogen) atoms. The second-order valence-corrected chi connectivity index (χ2v) is 9.74. The predicted octanol–water partition coefficient (Wildman–Crippen LogP) is 3.62. The number of carbonyl (C=O) groups is 2. The zero-order valence-corrected chi connectivity index (χ0v) is 20.1. The van der Waals surface area contributed by atoms with Crippen molar-refractivity contribution in [3.05, 3.63) is 95.6 Å². The maximum absolute atomic E-state index is 12.5. The van der Waals surface area contributed by atoms with E-state index in [4.69, 9.17) is 0 Å². The molecule has 0 aliphatic carbocycles. The fourth-order valence-corrected chi connectivity index (χ4v) is 4.35. The van der Waals surface area contributed by atoms with Crippen LogP contribution in [0.15, 0.2) is 83.8 Å². The highest BCUT2D eigenvalue weighted by Crippen LogP contribution is 2.13. The zero-order chi connectivity index (χ0) is 24.6. The summed E-state index contributed by atoms with van der Waals surface area (Å²) < 4.78 is 27.5. The molecule has 1 amide bonds. The number of amides is 1. The Morgan fingerprint density at radius 3 is 2.09 bits per heavy atom. The monoisotopic (exact) mass is 479 g/mol. The second-order valence-electron chi connectivity index (χ2n) is 7.97. The predicted molar refractivity (Wildman–Crippen MR) is 134 cm³/mol. The van der Waals surface area contributed by atoms with Crippen molar-refractivity contribution in [2.24, 2.45) is 0 Å². The number of ketones is 1. The number of rotatable bonds is 11.